The van der Waals surface area contributed by atoms with Crippen molar-refractivity contribution in [2.45, 2.75) is 51.0 Å². The van der Waals surface area contributed by atoms with Crippen LogP contribution in [0.1, 0.15) is 19.4 Å². The van der Waals surface area contributed by atoms with Crippen LogP contribution in [-0.4, -0.2) is 48.5 Å². The lowest BCUT2D eigenvalue weighted by Crippen LogP contribution is -2.65. The highest BCUT2D eigenvalue weighted by Gasteiger charge is 2.53. The molecule has 0 radical (unpaired) electrons. The molecule has 0 saturated carbocycles. The minimum Gasteiger partial charge on any atom is -0.462 e. The number of aliphatic hydroxyl groups excluding tert-OH is 1. The van der Waals surface area contributed by atoms with Gasteiger partial charge in [0.05, 0.1) is 11.2 Å². The number of methoxy groups -OCH3 is 1. The van der Waals surface area contributed by atoms with Crippen LogP contribution < -0.4 is 16.1 Å². The zero-order valence-corrected chi connectivity index (χ0v) is 19.3. The van der Waals surface area contributed by atoms with Gasteiger partial charge >= 0.3 is 11.7 Å². The van der Waals surface area contributed by atoms with Gasteiger partial charge in [-0.05, 0) is 44.0 Å². The number of rotatable bonds is 5. The molecule has 1 aromatic heterocycles. The molecule has 0 bridgehead atoms. The Kier molecular flexibility index (Phi) is 6.35. The maximum absolute atomic E-state index is 12.8. The molecule has 0 spiro atoms. The zero-order chi connectivity index (χ0) is 24.6. The van der Waals surface area contributed by atoms with Gasteiger partial charge in [-0.2, -0.15) is 0 Å². The number of carbonyl (C=O) groups is 1. The molecule has 2 aromatic carbocycles. The molecule has 1 aliphatic rings. The predicted molar refractivity (Wildman–Crippen MR) is 123 cm³/mol. The fraction of sp³-hybridized carbons (Fsp3) is 0.360. The van der Waals surface area contributed by atoms with E-state index in [9.17, 15) is 14.7 Å². The third-order valence-electron chi connectivity index (χ3n) is 5.98. The first-order valence-electron chi connectivity index (χ1n) is 10.8. The van der Waals surface area contributed by atoms with E-state index in [1.54, 1.807) is 32.0 Å². The van der Waals surface area contributed by atoms with Gasteiger partial charge < -0.3 is 34.2 Å². The van der Waals surface area contributed by atoms with Gasteiger partial charge in [-0.3, -0.25) is 0 Å². The van der Waals surface area contributed by atoms with E-state index in [0.29, 0.717) is 11.1 Å². The van der Waals surface area contributed by atoms with Crippen LogP contribution in [0.3, 0.4) is 0 Å². The van der Waals surface area contributed by atoms with Crippen molar-refractivity contribution < 1.29 is 33.3 Å². The molecule has 180 valence electrons. The normalized spacial score (nSPS) is 24.0. The third-order valence-corrected chi connectivity index (χ3v) is 5.98. The second-order valence-corrected chi connectivity index (χ2v) is 8.67. The summed E-state index contributed by atoms with van der Waals surface area (Å²) in [5.74, 6) is 0.288. The van der Waals surface area contributed by atoms with Crippen molar-refractivity contribution in [2.24, 2.45) is 5.73 Å². The predicted octanol–water partition coefficient (Wildman–Crippen LogP) is 3.12. The number of aryl methyl sites for hydroxylation is 1. The molecule has 1 saturated heterocycles. The summed E-state index contributed by atoms with van der Waals surface area (Å²) in [5.41, 5.74) is 6.09. The highest BCUT2D eigenvalue weighted by atomic mass is 16.7. The van der Waals surface area contributed by atoms with E-state index in [1.165, 1.54) is 7.11 Å². The smallest absolute Gasteiger partial charge is 0.404 e. The van der Waals surface area contributed by atoms with Gasteiger partial charge in [-0.15, -0.1) is 0 Å². The highest BCUT2D eigenvalue weighted by Crippen LogP contribution is 2.35. The van der Waals surface area contributed by atoms with E-state index in [-0.39, 0.29) is 5.75 Å². The number of nitrogens with two attached hydrogens (primary N) is 1. The number of carbonyl (C=O) groups excluding carboxylic acids is 1. The van der Waals surface area contributed by atoms with Crippen LogP contribution in [0, 0.1) is 6.92 Å². The fourth-order valence-corrected chi connectivity index (χ4v) is 4.43. The summed E-state index contributed by atoms with van der Waals surface area (Å²) in [6.45, 7) is 5.29. The first-order chi connectivity index (χ1) is 16.1. The second kappa shape index (κ2) is 9.09. The molecule has 1 unspecified atom stereocenters. The van der Waals surface area contributed by atoms with Crippen molar-refractivity contribution >= 4 is 17.1 Å². The summed E-state index contributed by atoms with van der Waals surface area (Å²) in [7, 11) is 1.42. The highest BCUT2D eigenvalue weighted by molar-refractivity contribution is 5.87. The Hall–Kier alpha value is -3.40. The maximum atomic E-state index is 12.8. The average Bonchev–Trinajstić information content (AvgIpc) is 2.77. The van der Waals surface area contributed by atoms with Gasteiger partial charge in [0.15, 0.2) is 12.2 Å². The molecule has 1 amide bonds. The minimum atomic E-state index is -1.39. The average molecular weight is 469 g/mol. The van der Waals surface area contributed by atoms with Crippen LogP contribution in [-0.2, 0) is 14.2 Å². The van der Waals surface area contributed by atoms with Gasteiger partial charge in [0, 0.05) is 18.6 Å². The molecule has 3 N–H and O–H groups in total. The van der Waals surface area contributed by atoms with E-state index in [0.717, 1.165) is 16.5 Å². The quantitative estimate of drug-likeness (QED) is 0.545. The van der Waals surface area contributed by atoms with Gasteiger partial charge in [0.25, 0.3) is 0 Å². The number of aliphatic hydroxyl groups is 1. The summed E-state index contributed by atoms with van der Waals surface area (Å²) < 4.78 is 27.9. The van der Waals surface area contributed by atoms with Crippen molar-refractivity contribution in [2.75, 3.05) is 7.11 Å². The molecule has 4 rings (SSSR count). The molecular formula is C25H27NO8. The van der Waals surface area contributed by atoms with Crippen molar-refractivity contribution in [3.05, 3.63) is 64.5 Å². The molecule has 9 heteroatoms. The molecule has 9 nitrogen and oxygen atoms in total. The van der Waals surface area contributed by atoms with Crippen LogP contribution in [0.25, 0.3) is 22.1 Å². The second-order valence-electron chi connectivity index (χ2n) is 8.67. The Morgan fingerprint density at radius 2 is 1.85 bits per heavy atom. The number of fused-ring (bicyclic) bond motifs is 1. The van der Waals surface area contributed by atoms with E-state index in [1.807, 2.05) is 37.3 Å². The largest absolute Gasteiger partial charge is 0.462 e. The molecule has 1 aliphatic heterocycles. The number of hydrogen-bond donors (Lipinski definition) is 2. The summed E-state index contributed by atoms with van der Waals surface area (Å²) in [6, 6.07) is 14.3. The molecule has 34 heavy (non-hydrogen) atoms. The summed E-state index contributed by atoms with van der Waals surface area (Å²) in [5, 5.41) is 11.5. The SMILES string of the molecule is CO[C@@H]1[C@@H](OC(N)=O)[C@H](O)C(Oc2ccc3c(C)c(-c4ccccc4)c(=O)oc3c2)OC1(C)C. The Morgan fingerprint density at radius 3 is 2.50 bits per heavy atom. The molecule has 1 fully saturated rings. The fourth-order valence-electron chi connectivity index (χ4n) is 4.43. The molecule has 0 aliphatic carbocycles. The first-order valence-corrected chi connectivity index (χ1v) is 10.8. The van der Waals surface area contributed by atoms with Crippen molar-refractivity contribution in [3.63, 3.8) is 0 Å². The number of hydrogen-bond acceptors (Lipinski definition) is 8. The van der Waals surface area contributed by atoms with Crippen molar-refractivity contribution in [1.82, 2.24) is 0 Å². The van der Waals surface area contributed by atoms with E-state index in [2.05, 4.69) is 0 Å². The summed E-state index contributed by atoms with van der Waals surface area (Å²) >= 11 is 0. The standard InChI is InChI=1S/C25H27NO8/c1-13-16-11-10-15(12-17(16)32-22(28)18(13)14-8-6-5-7-9-14)31-23-19(27)20(33-24(26)29)21(30-4)25(2,3)34-23/h5-12,19-21,23,27H,1-4H3,(H2,26,29)/t19-,20-,21+,23?/m0/s1. The Bertz CT molecular complexity index is 1250. The Balaban J connectivity index is 1.67. The zero-order valence-electron chi connectivity index (χ0n) is 19.3. The van der Waals surface area contributed by atoms with E-state index in [4.69, 9.17) is 29.1 Å². The number of primary amides is 1. The van der Waals surface area contributed by atoms with Crippen molar-refractivity contribution in [1.29, 1.82) is 0 Å². The first kappa shape index (κ1) is 23.7. The van der Waals surface area contributed by atoms with E-state index >= 15 is 0 Å². The van der Waals surface area contributed by atoms with Crippen LogP contribution in [0.2, 0.25) is 0 Å². The lowest BCUT2D eigenvalue weighted by molar-refractivity contribution is -0.304. The lowest BCUT2D eigenvalue weighted by Gasteiger charge is -2.47. The molecule has 3 aromatic rings. The van der Waals surface area contributed by atoms with Gasteiger partial charge in [-0.25, -0.2) is 9.59 Å². The van der Waals surface area contributed by atoms with Gasteiger partial charge in [0.1, 0.15) is 17.4 Å². The number of benzene rings is 2. The topological polar surface area (TPSA) is 130 Å². The van der Waals surface area contributed by atoms with Crippen LogP contribution in [0.4, 0.5) is 4.79 Å². The maximum Gasteiger partial charge on any atom is 0.404 e. The van der Waals surface area contributed by atoms with E-state index < -0.39 is 41.9 Å². The molecule has 4 atom stereocenters. The third kappa shape index (κ3) is 4.37. The monoisotopic (exact) mass is 469 g/mol. The summed E-state index contributed by atoms with van der Waals surface area (Å²) in [6.07, 6.45) is -5.57. The van der Waals surface area contributed by atoms with Crippen molar-refractivity contribution in [3.8, 4) is 16.9 Å². The Labute approximate surface area is 196 Å². The number of ether oxygens (including phenoxy) is 4. The molecule has 2 heterocycles. The minimum absolute atomic E-state index is 0.288. The van der Waals surface area contributed by atoms with Crippen LogP contribution in [0.5, 0.6) is 5.75 Å². The van der Waals surface area contributed by atoms with Gasteiger partial charge in [-0.1, -0.05) is 30.3 Å². The summed E-state index contributed by atoms with van der Waals surface area (Å²) in [4.78, 5) is 24.2. The van der Waals surface area contributed by atoms with Crippen LogP contribution in [0.15, 0.2) is 57.7 Å². The van der Waals surface area contributed by atoms with Gasteiger partial charge in [0.2, 0.25) is 6.29 Å². The van der Waals surface area contributed by atoms with Crippen LogP contribution >= 0.6 is 0 Å². The lowest BCUT2D eigenvalue weighted by atomic mass is 9.89. The number of amides is 1. The Morgan fingerprint density at radius 1 is 1.15 bits per heavy atom. The molecular weight excluding hydrogens is 442 g/mol.